The second-order valence-electron chi connectivity index (χ2n) is 12.8. The minimum absolute atomic E-state index is 0.421. The molecule has 0 amide bonds. The van der Waals surface area contributed by atoms with Crippen molar-refractivity contribution in [3.8, 4) is 44.9 Å². The highest BCUT2D eigenvalue weighted by Crippen LogP contribution is 2.63. The maximum Gasteiger partial charge on any atom is 0.161 e. The predicted octanol–water partition coefficient (Wildman–Crippen LogP) is 11.2. The van der Waals surface area contributed by atoms with Crippen LogP contribution in [0.25, 0.3) is 77.7 Å². The van der Waals surface area contributed by atoms with Crippen LogP contribution in [0, 0.1) is 0 Å². The summed E-state index contributed by atoms with van der Waals surface area (Å²) in [5, 5.41) is 3.18. The molecular weight excluding hydrogens is 585 g/mol. The fourth-order valence-corrected chi connectivity index (χ4v) is 8.70. The van der Waals surface area contributed by atoms with Crippen molar-refractivity contribution in [2.24, 2.45) is 0 Å². The summed E-state index contributed by atoms with van der Waals surface area (Å²) in [4.78, 5) is 10.8. The highest BCUT2D eigenvalue weighted by Gasteiger charge is 2.52. The minimum atomic E-state index is -0.421. The van der Waals surface area contributed by atoms with Crippen LogP contribution in [0.3, 0.4) is 0 Å². The van der Waals surface area contributed by atoms with Crippen molar-refractivity contribution in [3.63, 3.8) is 0 Å². The van der Waals surface area contributed by atoms with Crippen LogP contribution in [0.1, 0.15) is 22.3 Å². The van der Waals surface area contributed by atoms with Gasteiger partial charge in [-0.2, -0.15) is 0 Å². The SMILES string of the molecule is c1ccc2c(c1)-c1ccccc1C21c2ccccc2-c2c(-c3nc(-c4cccc5oc6ccccc6c45)c4ccccc4n3)cccc21. The molecule has 0 N–H and O–H groups in total. The molecule has 3 nitrogen and oxygen atoms in total. The third-order valence-corrected chi connectivity index (χ3v) is 10.5. The molecule has 48 heavy (non-hydrogen) atoms. The Morgan fingerprint density at radius 2 is 0.938 bits per heavy atom. The number of fused-ring (bicyclic) bond motifs is 14. The van der Waals surface area contributed by atoms with Crippen LogP contribution in [-0.4, -0.2) is 9.97 Å². The summed E-state index contributed by atoms with van der Waals surface area (Å²) in [7, 11) is 0. The molecule has 222 valence electrons. The van der Waals surface area contributed by atoms with E-state index in [-0.39, 0.29) is 0 Å². The van der Waals surface area contributed by atoms with E-state index in [1.807, 2.05) is 18.2 Å². The zero-order valence-electron chi connectivity index (χ0n) is 25.8. The number of para-hydroxylation sites is 2. The molecule has 0 unspecified atom stereocenters. The van der Waals surface area contributed by atoms with E-state index >= 15 is 0 Å². The Morgan fingerprint density at radius 3 is 1.73 bits per heavy atom. The Kier molecular flexibility index (Phi) is 5.04. The lowest BCUT2D eigenvalue weighted by atomic mass is 9.70. The van der Waals surface area contributed by atoms with E-state index < -0.39 is 5.41 Å². The third-order valence-electron chi connectivity index (χ3n) is 10.5. The van der Waals surface area contributed by atoms with Gasteiger partial charge in [-0.05, 0) is 62.7 Å². The van der Waals surface area contributed by atoms with E-state index in [1.165, 1.54) is 44.5 Å². The summed E-state index contributed by atoms with van der Waals surface area (Å²) in [6.07, 6.45) is 0. The van der Waals surface area contributed by atoms with Gasteiger partial charge in [-0.25, -0.2) is 9.97 Å². The third kappa shape index (κ3) is 3.18. The molecule has 9 aromatic rings. The highest BCUT2D eigenvalue weighted by atomic mass is 16.3. The van der Waals surface area contributed by atoms with Gasteiger partial charge in [0, 0.05) is 27.3 Å². The molecule has 2 aromatic heterocycles. The molecule has 0 radical (unpaired) electrons. The molecule has 0 atom stereocenters. The fraction of sp³-hybridized carbons (Fsp3) is 0.0222. The number of hydrogen-bond acceptors (Lipinski definition) is 3. The first-order valence-electron chi connectivity index (χ1n) is 16.4. The van der Waals surface area contributed by atoms with Crippen LogP contribution in [0.2, 0.25) is 0 Å². The molecule has 11 rings (SSSR count). The second-order valence-corrected chi connectivity index (χ2v) is 12.8. The van der Waals surface area contributed by atoms with Crippen LogP contribution >= 0.6 is 0 Å². The average Bonchev–Trinajstić information content (AvgIpc) is 3.79. The lowest BCUT2D eigenvalue weighted by Gasteiger charge is -2.30. The van der Waals surface area contributed by atoms with E-state index in [1.54, 1.807) is 0 Å². The number of hydrogen-bond donors (Lipinski definition) is 0. The Morgan fingerprint density at radius 1 is 0.396 bits per heavy atom. The van der Waals surface area contributed by atoms with E-state index in [4.69, 9.17) is 14.4 Å². The molecule has 0 saturated heterocycles. The van der Waals surface area contributed by atoms with Crippen molar-refractivity contribution in [3.05, 3.63) is 180 Å². The summed E-state index contributed by atoms with van der Waals surface area (Å²) >= 11 is 0. The second kappa shape index (κ2) is 9.37. The van der Waals surface area contributed by atoms with Gasteiger partial charge in [-0.3, -0.25) is 0 Å². The molecular formula is C45H26N2O. The maximum atomic E-state index is 6.31. The van der Waals surface area contributed by atoms with E-state index in [0.717, 1.165) is 55.5 Å². The smallest absolute Gasteiger partial charge is 0.161 e. The molecule has 7 aromatic carbocycles. The van der Waals surface area contributed by atoms with Gasteiger partial charge < -0.3 is 4.42 Å². The van der Waals surface area contributed by atoms with Crippen molar-refractivity contribution in [1.82, 2.24) is 9.97 Å². The van der Waals surface area contributed by atoms with Crippen LogP contribution in [0.15, 0.2) is 162 Å². The Balaban J connectivity index is 1.24. The van der Waals surface area contributed by atoms with Gasteiger partial charge >= 0.3 is 0 Å². The van der Waals surface area contributed by atoms with Crippen molar-refractivity contribution in [2.75, 3.05) is 0 Å². The first-order valence-corrected chi connectivity index (χ1v) is 16.4. The first-order chi connectivity index (χ1) is 23.8. The molecule has 1 spiro atoms. The van der Waals surface area contributed by atoms with Gasteiger partial charge in [0.1, 0.15) is 11.2 Å². The summed E-state index contributed by atoms with van der Waals surface area (Å²) in [6, 6.07) is 56.3. The van der Waals surface area contributed by atoms with Gasteiger partial charge in [0.15, 0.2) is 5.82 Å². The maximum absolute atomic E-state index is 6.31. The Bertz CT molecular complexity index is 2760. The largest absolute Gasteiger partial charge is 0.456 e. The number of nitrogens with zero attached hydrogens (tertiary/aromatic N) is 2. The molecule has 2 aliphatic rings. The van der Waals surface area contributed by atoms with Gasteiger partial charge in [0.25, 0.3) is 0 Å². The van der Waals surface area contributed by atoms with Crippen LogP contribution < -0.4 is 0 Å². The van der Waals surface area contributed by atoms with E-state index in [9.17, 15) is 0 Å². The topological polar surface area (TPSA) is 38.9 Å². The summed E-state index contributed by atoms with van der Waals surface area (Å²) in [5.41, 5.74) is 15.5. The van der Waals surface area contributed by atoms with Crippen LogP contribution in [-0.2, 0) is 5.41 Å². The molecule has 0 saturated carbocycles. The van der Waals surface area contributed by atoms with Crippen LogP contribution in [0.4, 0.5) is 0 Å². The molecule has 3 heteroatoms. The van der Waals surface area contributed by atoms with E-state index in [2.05, 4.69) is 140 Å². The number of aromatic nitrogens is 2. The van der Waals surface area contributed by atoms with Crippen LogP contribution in [0.5, 0.6) is 0 Å². The zero-order chi connectivity index (χ0) is 31.4. The summed E-state index contributed by atoms with van der Waals surface area (Å²) in [5.74, 6) is 0.719. The van der Waals surface area contributed by atoms with Gasteiger partial charge in [-0.1, -0.05) is 140 Å². The molecule has 0 fully saturated rings. The zero-order valence-corrected chi connectivity index (χ0v) is 25.8. The monoisotopic (exact) mass is 610 g/mol. The minimum Gasteiger partial charge on any atom is -0.456 e. The predicted molar refractivity (Wildman–Crippen MR) is 194 cm³/mol. The summed E-state index contributed by atoms with van der Waals surface area (Å²) in [6.45, 7) is 0. The van der Waals surface area contributed by atoms with Crippen molar-refractivity contribution in [2.45, 2.75) is 5.41 Å². The number of rotatable bonds is 2. The fourth-order valence-electron chi connectivity index (χ4n) is 8.70. The molecule has 2 heterocycles. The van der Waals surface area contributed by atoms with Crippen molar-refractivity contribution < 1.29 is 4.42 Å². The standard InChI is InChI=1S/C45H26N2O/c1-6-20-34-27(13-1)28-14-2-7-21-35(28)45(34)36-22-8-3-15-29(36)41-33(19-11-23-37(41)45)44-46-38-24-9-4-16-30(38)43(47-44)32-18-12-26-40-42(32)31-17-5-10-25-39(31)48-40/h1-26H. The molecule has 2 aliphatic carbocycles. The lowest BCUT2D eigenvalue weighted by molar-refractivity contribution is 0.669. The van der Waals surface area contributed by atoms with Gasteiger partial charge in [0.05, 0.1) is 16.6 Å². The average molecular weight is 611 g/mol. The number of furan rings is 1. The molecule has 0 bridgehead atoms. The highest BCUT2D eigenvalue weighted by molar-refractivity contribution is 6.14. The van der Waals surface area contributed by atoms with Crippen molar-refractivity contribution >= 4 is 32.8 Å². The quantitative estimate of drug-likeness (QED) is 0.195. The normalized spacial score (nSPS) is 13.6. The van der Waals surface area contributed by atoms with Gasteiger partial charge in [0.2, 0.25) is 0 Å². The summed E-state index contributed by atoms with van der Waals surface area (Å²) < 4.78 is 6.31. The van der Waals surface area contributed by atoms with Crippen molar-refractivity contribution in [1.29, 1.82) is 0 Å². The lowest BCUT2D eigenvalue weighted by Crippen LogP contribution is -2.25. The Hall–Kier alpha value is -6.32. The van der Waals surface area contributed by atoms with E-state index in [0.29, 0.717) is 0 Å². The number of benzene rings is 7. The Labute approximate surface area is 276 Å². The van der Waals surface area contributed by atoms with Gasteiger partial charge in [-0.15, -0.1) is 0 Å². The first kappa shape index (κ1) is 25.8. The molecule has 0 aliphatic heterocycles.